The number of thiophene rings is 1. The lowest BCUT2D eigenvalue weighted by atomic mass is 9.72. The fraction of sp³-hybridized carbons (Fsp3) is 0.0933. The van der Waals surface area contributed by atoms with Crippen molar-refractivity contribution >= 4 is 131 Å². The third-order valence-corrected chi connectivity index (χ3v) is 18.8. The summed E-state index contributed by atoms with van der Waals surface area (Å²) >= 11 is 1.79. The van der Waals surface area contributed by atoms with Crippen LogP contribution < -0.4 is 9.80 Å². The molecule has 0 amide bonds. The Balaban J connectivity index is 0.957. The molecule has 2 aliphatic carbocycles. The van der Waals surface area contributed by atoms with E-state index in [-0.39, 0.29) is 6.04 Å². The van der Waals surface area contributed by atoms with Crippen LogP contribution in [-0.2, 0) is 0 Å². The maximum Gasteiger partial charge on any atom is 0.0952 e. The highest BCUT2D eigenvalue weighted by atomic mass is 32.1. The summed E-state index contributed by atoms with van der Waals surface area (Å²) in [6.45, 7) is 2.10. The Bertz CT molecular complexity index is 5070. The molecule has 0 aliphatic heterocycles. The SMILES string of the molecule is CC1(C#N)C=C(n2c3ccc(N(c4ccccc4)c4ccccc4)cc3c3cc4c(cc32)sc2ccccc24)C(C#N)CC1n1c2ccc(N(c3ccccc3)C3C=CC=CC3)cc2c2ccc3c4ccccc4n(-c4ccccc4)c3c21. The number of nitrogens with zero attached hydrogens (tertiary/aromatic N) is 7. The zero-order chi connectivity index (χ0) is 55.3. The standard InChI is InChI=1S/C75H53N7S/c1-75(48-77)46-69(81-66-39-35-56(79(52-25-11-4-12-26-52)53-27-13-5-14-28-53)43-62(66)63-44-64-58-32-18-20-34-70(58)83-71(64)45-68(63)81)49(47-76)41-72(75)82-67-40-36-55(78(50-21-7-2-8-22-50)51-23-9-3-10-24-51)42-61(67)60-38-37-59-57-31-17-19-33-65(57)80(73(59)74(60)82)54-29-15-6-16-30-54/h2-23,25-40,42-46,49,51,72H,24,41H2,1H3. The van der Waals surface area contributed by atoms with Crippen LogP contribution in [0.3, 0.4) is 0 Å². The molecule has 0 bridgehead atoms. The van der Waals surface area contributed by atoms with Crippen molar-refractivity contribution in [2.45, 2.75) is 31.8 Å². The molecule has 14 aromatic rings. The van der Waals surface area contributed by atoms with Crippen LogP contribution in [0.4, 0.5) is 28.4 Å². The Hall–Kier alpha value is -10.4. The summed E-state index contributed by atoms with van der Waals surface area (Å²) in [6, 6.07) is 88.1. The molecule has 4 atom stereocenters. The first-order valence-electron chi connectivity index (χ1n) is 28.5. The molecule has 8 heteroatoms. The number of anilines is 5. The van der Waals surface area contributed by atoms with E-state index in [9.17, 15) is 10.5 Å². The number of allylic oxidation sites excluding steroid dienone is 4. The lowest BCUT2D eigenvalue weighted by Gasteiger charge is -2.39. The summed E-state index contributed by atoms with van der Waals surface area (Å²) in [4.78, 5) is 4.76. The van der Waals surface area contributed by atoms with Gasteiger partial charge in [-0.3, -0.25) is 0 Å². The maximum absolute atomic E-state index is 12.1. The lowest BCUT2D eigenvalue weighted by molar-refractivity contribution is 0.295. The molecule has 83 heavy (non-hydrogen) atoms. The van der Waals surface area contributed by atoms with Gasteiger partial charge in [0.2, 0.25) is 0 Å². The first-order chi connectivity index (χ1) is 41.0. The number of para-hydroxylation sites is 5. The summed E-state index contributed by atoms with van der Waals surface area (Å²) in [7, 11) is 0. The number of hydrogen-bond donors (Lipinski definition) is 0. The Morgan fingerprint density at radius 3 is 1.80 bits per heavy atom. The quantitative estimate of drug-likeness (QED) is 0.144. The first-order valence-corrected chi connectivity index (χ1v) is 29.3. The summed E-state index contributed by atoms with van der Waals surface area (Å²) < 4.78 is 9.60. The smallest absolute Gasteiger partial charge is 0.0952 e. The van der Waals surface area contributed by atoms with Gasteiger partial charge in [0.1, 0.15) is 0 Å². The van der Waals surface area contributed by atoms with E-state index in [1.807, 2.05) is 0 Å². The van der Waals surface area contributed by atoms with Crippen molar-refractivity contribution in [2.75, 3.05) is 9.80 Å². The second-order valence-electron chi connectivity index (χ2n) is 22.3. The maximum atomic E-state index is 12.1. The van der Waals surface area contributed by atoms with E-state index in [0.717, 1.165) is 112 Å². The molecule has 394 valence electrons. The number of fused-ring (bicyclic) bond motifs is 13. The summed E-state index contributed by atoms with van der Waals surface area (Å²) in [6.07, 6.45) is 12.2. The van der Waals surface area contributed by atoms with Crippen molar-refractivity contribution < 1.29 is 0 Å². The molecule has 4 aromatic heterocycles. The number of rotatable bonds is 9. The molecule has 0 radical (unpaired) electrons. The van der Waals surface area contributed by atoms with Crippen molar-refractivity contribution in [3.05, 3.63) is 261 Å². The molecule has 4 heterocycles. The number of aromatic nitrogens is 3. The monoisotopic (exact) mass is 1080 g/mol. The average molecular weight is 1080 g/mol. The van der Waals surface area contributed by atoms with Crippen molar-refractivity contribution in [1.29, 1.82) is 10.5 Å². The van der Waals surface area contributed by atoms with Crippen molar-refractivity contribution in [3.63, 3.8) is 0 Å². The second-order valence-corrected chi connectivity index (χ2v) is 23.4. The van der Waals surface area contributed by atoms with Gasteiger partial charge in [0.15, 0.2) is 0 Å². The van der Waals surface area contributed by atoms with Crippen LogP contribution in [-0.4, -0.2) is 19.7 Å². The normalized spacial score (nSPS) is 18.0. The van der Waals surface area contributed by atoms with Gasteiger partial charge in [0, 0.05) is 97.8 Å². The van der Waals surface area contributed by atoms with Gasteiger partial charge in [-0.15, -0.1) is 11.3 Å². The predicted octanol–water partition coefficient (Wildman–Crippen LogP) is 20.0. The zero-order valence-electron chi connectivity index (χ0n) is 45.5. The van der Waals surface area contributed by atoms with Crippen LogP contribution in [0.2, 0.25) is 0 Å². The van der Waals surface area contributed by atoms with E-state index in [1.165, 1.54) is 20.2 Å². The van der Waals surface area contributed by atoms with E-state index in [0.29, 0.717) is 6.42 Å². The molecule has 0 fully saturated rings. The van der Waals surface area contributed by atoms with Crippen LogP contribution in [0, 0.1) is 34.0 Å². The zero-order valence-corrected chi connectivity index (χ0v) is 46.3. The van der Waals surface area contributed by atoms with Crippen LogP contribution in [0.15, 0.2) is 261 Å². The van der Waals surface area contributed by atoms with E-state index < -0.39 is 17.4 Å². The average Bonchev–Trinajstić information content (AvgIpc) is 2.08. The Morgan fingerprint density at radius 1 is 0.482 bits per heavy atom. The van der Waals surface area contributed by atoms with Crippen molar-refractivity contribution in [2.24, 2.45) is 11.3 Å². The molecular formula is C75H53N7S. The van der Waals surface area contributed by atoms with E-state index in [1.54, 1.807) is 11.3 Å². The van der Waals surface area contributed by atoms with Gasteiger partial charge in [-0.05, 0) is 135 Å². The van der Waals surface area contributed by atoms with Gasteiger partial charge in [0.25, 0.3) is 0 Å². The minimum absolute atomic E-state index is 0.106. The fourth-order valence-electron chi connectivity index (χ4n) is 13.9. The summed E-state index contributed by atoms with van der Waals surface area (Å²) in [5.74, 6) is -0.603. The molecule has 16 rings (SSSR count). The van der Waals surface area contributed by atoms with Gasteiger partial charge in [0.05, 0.1) is 63.1 Å². The molecule has 0 spiro atoms. The highest BCUT2D eigenvalue weighted by Crippen LogP contribution is 2.54. The van der Waals surface area contributed by atoms with E-state index in [4.69, 9.17) is 0 Å². The predicted molar refractivity (Wildman–Crippen MR) is 347 cm³/mol. The van der Waals surface area contributed by atoms with Crippen LogP contribution in [0.1, 0.15) is 25.8 Å². The highest BCUT2D eigenvalue weighted by Gasteiger charge is 2.44. The molecule has 10 aromatic carbocycles. The van der Waals surface area contributed by atoms with Crippen LogP contribution >= 0.6 is 11.3 Å². The van der Waals surface area contributed by atoms with E-state index >= 15 is 0 Å². The second kappa shape index (κ2) is 19.1. The molecule has 0 saturated carbocycles. The van der Waals surface area contributed by atoms with Crippen molar-refractivity contribution in [3.8, 4) is 17.8 Å². The molecule has 2 aliphatic rings. The molecule has 4 unspecified atom stereocenters. The Morgan fingerprint density at radius 2 is 1.08 bits per heavy atom. The number of nitriles is 2. The van der Waals surface area contributed by atoms with Gasteiger partial charge < -0.3 is 23.5 Å². The highest BCUT2D eigenvalue weighted by molar-refractivity contribution is 7.25. The first kappa shape index (κ1) is 48.5. The van der Waals surface area contributed by atoms with Gasteiger partial charge >= 0.3 is 0 Å². The number of hydrogen-bond acceptors (Lipinski definition) is 5. The van der Waals surface area contributed by atoms with Gasteiger partial charge in [-0.25, -0.2) is 0 Å². The molecule has 0 saturated heterocycles. The molecule has 0 N–H and O–H groups in total. The Kier molecular flexibility index (Phi) is 11.2. The fourth-order valence-corrected chi connectivity index (χ4v) is 15.0. The lowest BCUT2D eigenvalue weighted by Crippen LogP contribution is -2.34. The van der Waals surface area contributed by atoms with Crippen LogP contribution in [0.5, 0.6) is 0 Å². The van der Waals surface area contributed by atoms with Crippen LogP contribution in [0.25, 0.3) is 97.0 Å². The third-order valence-electron chi connectivity index (χ3n) is 17.7. The molecule has 7 nitrogen and oxygen atoms in total. The van der Waals surface area contributed by atoms with Gasteiger partial charge in [-0.2, -0.15) is 10.5 Å². The molecular weight excluding hydrogens is 1030 g/mol. The minimum Gasteiger partial charge on any atom is -0.334 e. The largest absolute Gasteiger partial charge is 0.334 e. The topological polar surface area (TPSA) is 68.8 Å². The summed E-state index contributed by atoms with van der Waals surface area (Å²) in [5, 5.41) is 33.1. The van der Waals surface area contributed by atoms with E-state index in [2.05, 4.69) is 303 Å². The minimum atomic E-state index is -1.11. The van der Waals surface area contributed by atoms with Gasteiger partial charge in [-0.1, -0.05) is 146 Å². The Labute approximate surface area is 484 Å². The summed E-state index contributed by atoms with van der Waals surface area (Å²) in [5.41, 5.74) is 12.3. The van der Waals surface area contributed by atoms with Crippen molar-refractivity contribution in [1.82, 2.24) is 13.7 Å². The third kappa shape index (κ3) is 7.54. The number of benzene rings is 10.